The Labute approximate surface area is 217 Å². The largest absolute Gasteiger partial charge is 0.497 e. The Morgan fingerprint density at radius 1 is 1.03 bits per heavy atom. The summed E-state index contributed by atoms with van der Waals surface area (Å²) in [5.41, 5.74) is 5.77. The summed E-state index contributed by atoms with van der Waals surface area (Å²) >= 11 is 13.4. The number of methoxy groups -OCH3 is 1. The van der Waals surface area contributed by atoms with Crippen LogP contribution in [0.5, 0.6) is 5.75 Å². The fraction of sp³-hybridized carbons (Fsp3) is 0.120. The minimum atomic E-state index is -0.268. The fourth-order valence-electron chi connectivity index (χ4n) is 3.19. The van der Waals surface area contributed by atoms with Gasteiger partial charge in [0.2, 0.25) is 0 Å². The van der Waals surface area contributed by atoms with Crippen LogP contribution >= 0.6 is 35.0 Å². The van der Waals surface area contributed by atoms with Crippen LogP contribution in [0.25, 0.3) is 17.1 Å². The van der Waals surface area contributed by atoms with Crippen molar-refractivity contribution in [2.24, 2.45) is 5.10 Å². The normalized spacial score (nSPS) is 11.4. The maximum atomic E-state index is 12.5. The molecular formula is C25H21Cl2N5O2S. The molecule has 0 saturated heterocycles. The van der Waals surface area contributed by atoms with Gasteiger partial charge in [0.05, 0.1) is 18.6 Å². The van der Waals surface area contributed by atoms with Crippen molar-refractivity contribution >= 4 is 46.6 Å². The van der Waals surface area contributed by atoms with Gasteiger partial charge in [-0.1, -0.05) is 47.1 Å². The third-order valence-corrected chi connectivity index (χ3v) is 6.42. The summed E-state index contributed by atoms with van der Waals surface area (Å²) in [4.78, 5) is 12.5. The van der Waals surface area contributed by atoms with Crippen LogP contribution in [-0.2, 0) is 4.79 Å². The van der Waals surface area contributed by atoms with Crippen molar-refractivity contribution < 1.29 is 9.53 Å². The summed E-state index contributed by atoms with van der Waals surface area (Å²) in [5.74, 6) is 1.17. The molecule has 1 aromatic heterocycles. The molecule has 10 heteroatoms. The number of amides is 1. The summed E-state index contributed by atoms with van der Waals surface area (Å²) in [5, 5.41) is 14.7. The summed E-state index contributed by atoms with van der Waals surface area (Å²) in [6.45, 7) is 1.82. The van der Waals surface area contributed by atoms with E-state index in [-0.39, 0.29) is 11.7 Å². The van der Waals surface area contributed by atoms with E-state index in [1.165, 1.54) is 11.8 Å². The van der Waals surface area contributed by atoms with Crippen molar-refractivity contribution in [2.75, 3.05) is 12.9 Å². The first-order chi connectivity index (χ1) is 16.9. The van der Waals surface area contributed by atoms with Gasteiger partial charge >= 0.3 is 0 Å². The smallest absolute Gasteiger partial charge is 0.250 e. The number of halogens is 2. The molecule has 7 nitrogen and oxygen atoms in total. The van der Waals surface area contributed by atoms with Gasteiger partial charge in [-0.2, -0.15) is 5.10 Å². The number of nitrogens with zero attached hydrogens (tertiary/aromatic N) is 4. The number of thioether (sulfide) groups is 1. The third-order valence-electron chi connectivity index (χ3n) is 4.99. The Kier molecular flexibility index (Phi) is 8.07. The molecule has 0 aliphatic carbocycles. The first-order valence-electron chi connectivity index (χ1n) is 10.5. The second-order valence-electron chi connectivity index (χ2n) is 7.38. The van der Waals surface area contributed by atoms with Gasteiger partial charge in [-0.05, 0) is 67.6 Å². The van der Waals surface area contributed by atoms with Crippen molar-refractivity contribution in [3.05, 3.63) is 88.4 Å². The quantitative estimate of drug-likeness (QED) is 0.176. The van der Waals surface area contributed by atoms with Crippen LogP contribution in [0.1, 0.15) is 12.5 Å². The highest BCUT2D eigenvalue weighted by Crippen LogP contribution is 2.29. The highest BCUT2D eigenvalue weighted by Gasteiger charge is 2.17. The predicted octanol–water partition coefficient (Wildman–Crippen LogP) is 5.88. The molecule has 0 saturated carbocycles. The topological polar surface area (TPSA) is 81.4 Å². The van der Waals surface area contributed by atoms with Crippen LogP contribution < -0.4 is 10.2 Å². The highest BCUT2D eigenvalue weighted by molar-refractivity contribution is 7.99. The van der Waals surface area contributed by atoms with Crippen LogP contribution in [0.4, 0.5) is 0 Å². The van der Waals surface area contributed by atoms with Gasteiger partial charge in [0.15, 0.2) is 11.0 Å². The van der Waals surface area contributed by atoms with Crippen LogP contribution in [-0.4, -0.2) is 39.2 Å². The van der Waals surface area contributed by atoms with E-state index in [0.717, 1.165) is 22.6 Å². The van der Waals surface area contributed by atoms with Crippen LogP contribution in [0.2, 0.25) is 10.0 Å². The van der Waals surface area contributed by atoms with Crippen LogP contribution in [0.15, 0.2) is 83.1 Å². The summed E-state index contributed by atoms with van der Waals surface area (Å²) in [7, 11) is 1.60. The van der Waals surface area contributed by atoms with Gasteiger partial charge in [0.25, 0.3) is 5.91 Å². The van der Waals surface area contributed by atoms with Gasteiger partial charge in [-0.15, -0.1) is 10.2 Å². The lowest BCUT2D eigenvalue weighted by atomic mass is 10.1. The van der Waals surface area contributed by atoms with Gasteiger partial charge in [0, 0.05) is 26.9 Å². The van der Waals surface area contributed by atoms with Crippen molar-refractivity contribution in [3.8, 4) is 22.8 Å². The molecular weight excluding hydrogens is 505 g/mol. The number of hydrogen-bond acceptors (Lipinski definition) is 6. The van der Waals surface area contributed by atoms with E-state index in [1.54, 1.807) is 31.4 Å². The third kappa shape index (κ3) is 6.22. The van der Waals surface area contributed by atoms with Gasteiger partial charge in [-0.3, -0.25) is 9.36 Å². The fourth-order valence-corrected chi connectivity index (χ4v) is 4.19. The summed E-state index contributed by atoms with van der Waals surface area (Å²) < 4.78 is 7.11. The molecule has 0 radical (unpaired) electrons. The first-order valence-corrected chi connectivity index (χ1v) is 12.3. The van der Waals surface area contributed by atoms with Crippen LogP contribution in [0, 0.1) is 0 Å². The molecule has 1 N–H and O–H groups in total. The number of ether oxygens (including phenoxy) is 1. The minimum Gasteiger partial charge on any atom is -0.497 e. The molecule has 35 heavy (non-hydrogen) atoms. The van der Waals surface area contributed by atoms with E-state index in [4.69, 9.17) is 27.9 Å². The Bertz CT molecular complexity index is 1360. The number of aromatic nitrogens is 3. The van der Waals surface area contributed by atoms with Crippen molar-refractivity contribution in [2.45, 2.75) is 12.1 Å². The van der Waals surface area contributed by atoms with Gasteiger partial charge in [0.1, 0.15) is 5.75 Å². The number of carbonyl (C=O) groups excluding carboxylic acids is 1. The number of nitrogens with one attached hydrogen (secondary N) is 1. The number of rotatable bonds is 8. The Balaban J connectivity index is 1.52. The van der Waals surface area contributed by atoms with Crippen molar-refractivity contribution in [3.63, 3.8) is 0 Å². The lowest BCUT2D eigenvalue weighted by Crippen LogP contribution is -2.21. The minimum absolute atomic E-state index is 0.0984. The van der Waals surface area contributed by atoms with Crippen molar-refractivity contribution in [1.82, 2.24) is 20.2 Å². The van der Waals surface area contributed by atoms with E-state index >= 15 is 0 Å². The molecule has 3 aromatic carbocycles. The predicted molar refractivity (Wildman–Crippen MR) is 141 cm³/mol. The molecule has 1 heterocycles. The zero-order valence-electron chi connectivity index (χ0n) is 18.9. The molecule has 0 spiro atoms. The number of benzene rings is 3. The molecule has 0 fully saturated rings. The SMILES string of the molecule is COc1cccc(/C(C)=N/NC(=O)CSc2nnc(-c3ccc(Cl)cc3)n2-c2ccc(Cl)cc2)c1. The average molecular weight is 526 g/mol. The zero-order valence-corrected chi connectivity index (χ0v) is 21.2. The molecule has 0 atom stereocenters. The van der Waals surface area contributed by atoms with E-state index in [0.29, 0.717) is 26.7 Å². The van der Waals surface area contributed by atoms with Crippen molar-refractivity contribution in [1.29, 1.82) is 0 Å². The Hall–Kier alpha value is -3.33. The average Bonchev–Trinajstić information content (AvgIpc) is 3.30. The highest BCUT2D eigenvalue weighted by atomic mass is 35.5. The Morgan fingerprint density at radius 2 is 1.71 bits per heavy atom. The molecule has 1 amide bonds. The van der Waals surface area contributed by atoms with Gasteiger partial charge < -0.3 is 4.74 Å². The summed E-state index contributed by atoms with van der Waals surface area (Å²) in [6, 6.07) is 22.1. The van der Waals surface area contributed by atoms with E-state index in [9.17, 15) is 4.79 Å². The van der Waals surface area contributed by atoms with E-state index in [1.807, 2.05) is 60.0 Å². The molecule has 0 aliphatic heterocycles. The van der Waals surface area contributed by atoms with Crippen LogP contribution in [0.3, 0.4) is 0 Å². The molecule has 178 valence electrons. The van der Waals surface area contributed by atoms with E-state index in [2.05, 4.69) is 20.7 Å². The number of carbonyl (C=O) groups is 1. The first kappa shape index (κ1) is 24.8. The molecule has 0 unspecified atom stereocenters. The number of hydrazone groups is 1. The molecule has 4 aromatic rings. The summed E-state index contributed by atoms with van der Waals surface area (Å²) in [6.07, 6.45) is 0. The molecule has 0 bridgehead atoms. The lowest BCUT2D eigenvalue weighted by molar-refractivity contribution is -0.118. The second-order valence-corrected chi connectivity index (χ2v) is 9.19. The maximum absolute atomic E-state index is 12.5. The van der Waals surface area contributed by atoms with E-state index < -0.39 is 0 Å². The zero-order chi connectivity index (χ0) is 24.8. The lowest BCUT2D eigenvalue weighted by Gasteiger charge is -2.10. The second kappa shape index (κ2) is 11.4. The molecule has 4 rings (SSSR count). The number of hydrogen-bond donors (Lipinski definition) is 1. The Morgan fingerprint density at radius 3 is 2.40 bits per heavy atom. The maximum Gasteiger partial charge on any atom is 0.250 e. The van der Waals surface area contributed by atoms with Gasteiger partial charge in [-0.25, -0.2) is 5.43 Å². The standard InChI is InChI=1S/C25H21Cl2N5O2S/c1-16(18-4-3-5-22(14-18)34-2)28-29-23(33)15-35-25-31-30-24(17-6-8-19(26)9-7-17)32(25)21-12-10-20(27)11-13-21/h3-14H,15H2,1-2H3,(H,29,33)/b28-16+. The molecule has 0 aliphatic rings. The monoisotopic (exact) mass is 525 g/mol.